The summed E-state index contributed by atoms with van der Waals surface area (Å²) in [4.78, 5) is 11.8. The second kappa shape index (κ2) is 8.92. The number of carbonyl (C=O) groups is 1. The minimum absolute atomic E-state index is 0.0953. The van der Waals surface area contributed by atoms with Gasteiger partial charge < -0.3 is 10.4 Å². The summed E-state index contributed by atoms with van der Waals surface area (Å²) in [5, 5.41) is 11.6. The van der Waals surface area contributed by atoms with Crippen LogP contribution < -0.4 is 5.32 Å². The topological polar surface area (TPSA) is 49.3 Å². The molecule has 0 saturated carbocycles. The Morgan fingerprint density at radius 2 is 2.20 bits per heavy atom. The van der Waals surface area contributed by atoms with Crippen LogP contribution in [0.15, 0.2) is 23.1 Å². The summed E-state index contributed by atoms with van der Waals surface area (Å²) in [5.74, 6) is -1.14. The van der Waals surface area contributed by atoms with E-state index in [1.165, 1.54) is 12.1 Å². The van der Waals surface area contributed by atoms with E-state index in [0.717, 1.165) is 30.7 Å². The van der Waals surface area contributed by atoms with Crippen LogP contribution in [0.1, 0.15) is 19.8 Å². The first kappa shape index (κ1) is 16.9. The van der Waals surface area contributed by atoms with Crippen LogP contribution in [0, 0.1) is 17.6 Å². The van der Waals surface area contributed by atoms with Crippen molar-refractivity contribution >= 4 is 17.7 Å². The third kappa shape index (κ3) is 6.34. The lowest BCUT2D eigenvalue weighted by atomic mass is 10.1. The fourth-order valence-electron chi connectivity index (χ4n) is 1.56. The van der Waals surface area contributed by atoms with E-state index in [1.54, 1.807) is 0 Å². The van der Waals surface area contributed by atoms with Crippen molar-refractivity contribution in [3.05, 3.63) is 29.8 Å². The molecule has 0 spiro atoms. The molecule has 0 heterocycles. The fourth-order valence-corrected chi connectivity index (χ4v) is 2.31. The number of aliphatic hydroxyl groups is 1. The van der Waals surface area contributed by atoms with Gasteiger partial charge in [0.25, 0.3) is 0 Å². The number of halogens is 2. The van der Waals surface area contributed by atoms with Gasteiger partial charge in [-0.15, -0.1) is 11.8 Å². The van der Waals surface area contributed by atoms with Crippen molar-refractivity contribution in [2.75, 3.05) is 18.9 Å². The van der Waals surface area contributed by atoms with Gasteiger partial charge in [0, 0.05) is 24.1 Å². The maximum Gasteiger partial charge on any atom is 0.230 e. The molecule has 1 atom stereocenters. The SMILES string of the molecule is CC(CO)CCCNC(=O)CSc1ccc(F)cc1F. The average Bonchev–Trinajstić information content (AvgIpc) is 2.42. The van der Waals surface area contributed by atoms with Crippen molar-refractivity contribution in [2.45, 2.75) is 24.7 Å². The number of hydrogen-bond acceptors (Lipinski definition) is 3. The van der Waals surface area contributed by atoms with E-state index in [1.807, 2.05) is 6.92 Å². The maximum absolute atomic E-state index is 13.3. The van der Waals surface area contributed by atoms with Crippen molar-refractivity contribution in [1.82, 2.24) is 5.32 Å². The molecule has 3 nitrogen and oxygen atoms in total. The van der Waals surface area contributed by atoms with Crippen molar-refractivity contribution in [1.29, 1.82) is 0 Å². The molecule has 0 bridgehead atoms. The first-order valence-electron chi connectivity index (χ1n) is 6.48. The first-order chi connectivity index (χ1) is 9.52. The van der Waals surface area contributed by atoms with Crippen molar-refractivity contribution in [3.8, 4) is 0 Å². The van der Waals surface area contributed by atoms with Crippen LogP contribution >= 0.6 is 11.8 Å². The Labute approximate surface area is 121 Å². The lowest BCUT2D eigenvalue weighted by Crippen LogP contribution is -2.26. The summed E-state index contributed by atoms with van der Waals surface area (Å²) >= 11 is 1.04. The zero-order valence-corrected chi connectivity index (χ0v) is 12.2. The van der Waals surface area contributed by atoms with Crippen LogP contribution in [-0.2, 0) is 4.79 Å². The third-order valence-electron chi connectivity index (χ3n) is 2.76. The number of nitrogens with one attached hydrogen (secondary N) is 1. The summed E-state index contributed by atoms with van der Waals surface area (Å²) < 4.78 is 26.0. The van der Waals surface area contributed by atoms with Crippen molar-refractivity contribution in [2.24, 2.45) is 5.92 Å². The monoisotopic (exact) mass is 303 g/mol. The Hall–Kier alpha value is -1.14. The lowest BCUT2D eigenvalue weighted by molar-refractivity contribution is -0.118. The number of hydrogen-bond donors (Lipinski definition) is 2. The maximum atomic E-state index is 13.3. The number of rotatable bonds is 8. The molecule has 0 aromatic heterocycles. The highest BCUT2D eigenvalue weighted by molar-refractivity contribution is 8.00. The largest absolute Gasteiger partial charge is 0.396 e. The Morgan fingerprint density at radius 3 is 2.85 bits per heavy atom. The molecule has 2 N–H and O–H groups in total. The number of amides is 1. The highest BCUT2D eigenvalue weighted by Gasteiger charge is 2.08. The van der Waals surface area contributed by atoms with Gasteiger partial charge in [0.1, 0.15) is 11.6 Å². The van der Waals surface area contributed by atoms with Gasteiger partial charge in [0.15, 0.2) is 0 Å². The molecule has 1 amide bonds. The normalized spacial score (nSPS) is 12.2. The predicted octanol–water partition coefficient (Wildman–Crippen LogP) is 2.58. The van der Waals surface area contributed by atoms with E-state index in [9.17, 15) is 13.6 Å². The smallest absolute Gasteiger partial charge is 0.230 e. The number of benzene rings is 1. The molecule has 0 aliphatic rings. The van der Waals surface area contributed by atoms with Gasteiger partial charge in [-0.25, -0.2) is 8.78 Å². The summed E-state index contributed by atoms with van der Waals surface area (Å²) in [5.41, 5.74) is 0. The second-order valence-corrected chi connectivity index (χ2v) is 5.66. The number of aliphatic hydroxyl groups excluding tert-OH is 1. The van der Waals surface area contributed by atoms with Gasteiger partial charge >= 0.3 is 0 Å². The Kier molecular flexibility index (Phi) is 7.54. The zero-order chi connectivity index (χ0) is 15.0. The van der Waals surface area contributed by atoms with Gasteiger partial charge in [-0.05, 0) is 30.9 Å². The van der Waals surface area contributed by atoms with Gasteiger partial charge in [-0.1, -0.05) is 6.92 Å². The zero-order valence-electron chi connectivity index (χ0n) is 11.4. The van der Waals surface area contributed by atoms with Crippen LogP contribution in [-0.4, -0.2) is 29.9 Å². The van der Waals surface area contributed by atoms with Crippen LogP contribution in [0.3, 0.4) is 0 Å². The molecule has 20 heavy (non-hydrogen) atoms. The lowest BCUT2D eigenvalue weighted by Gasteiger charge is -2.08. The molecule has 1 unspecified atom stereocenters. The summed E-state index contributed by atoms with van der Waals surface area (Å²) in [6.07, 6.45) is 1.64. The molecule has 0 radical (unpaired) electrons. The van der Waals surface area contributed by atoms with Gasteiger partial charge in [0.2, 0.25) is 5.91 Å². The van der Waals surface area contributed by atoms with E-state index in [2.05, 4.69) is 5.32 Å². The van der Waals surface area contributed by atoms with Crippen LogP contribution in [0.5, 0.6) is 0 Å². The highest BCUT2D eigenvalue weighted by Crippen LogP contribution is 2.21. The first-order valence-corrected chi connectivity index (χ1v) is 7.47. The van der Waals surface area contributed by atoms with Crippen LogP contribution in [0.25, 0.3) is 0 Å². The van der Waals surface area contributed by atoms with E-state index in [4.69, 9.17) is 5.11 Å². The molecule has 0 fully saturated rings. The van der Waals surface area contributed by atoms with E-state index in [-0.39, 0.29) is 29.1 Å². The van der Waals surface area contributed by atoms with E-state index < -0.39 is 11.6 Å². The predicted molar refractivity (Wildman–Crippen MR) is 75.6 cm³/mol. The average molecular weight is 303 g/mol. The molecule has 0 aliphatic carbocycles. The standard InChI is InChI=1S/C14H19F2NO2S/c1-10(8-18)3-2-6-17-14(19)9-20-13-5-4-11(15)7-12(13)16/h4-5,7,10,18H,2-3,6,8-9H2,1H3,(H,17,19). The molecule has 112 valence electrons. The molecular formula is C14H19F2NO2S. The minimum atomic E-state index is -0.653. The number of thioether (sulfide) groups is 1. The number of carbonyl (C=O) groups excluding carboxylic acids is 1. The van der Waals surface area contributed by atoms with Gasteiger partial charge in [-0.3, -0.25) is 4.79 Å². The van der Waals surface area contributed by atoms with E-state index >= 15 is 0 Å². The van der Waals surface area contributed by atoms with E-state index in [0.29, 0.717) is 6.54 Å². The van der Waals surface area contributed by atoms with Gasteiger partial charge in [-0.2, -0.15) is 0 Å². The Bertz CT molecular complexity index is 443. The molecule has 1 rings (SSSR count). The van der Waals surface area contributed by atoms with Crippen LogP contribution in [0.4, 0.5) is 8.78 Å². The third-order valence-corrected chi connectivity index (χ3v) is 3.81. The molecule has 1 aromatic carbocycles. The molecule has 1 aromatic rings. The molecule has 0 aliphatic heterocycles. The minimum Gasteiger partial charge on any atom is -0.396 e. The highest BCUT2D eigenvalue weighted by atomic mass is 32.2. The summed E-state index contributed by atoms with van der Waals surface area (Å²) in [6, 6.07) is 3.29. The Morgan fingerprint density at radius 1 is 1.45 bits per heavy atom. The molecule has 0 saturated heterocycles. The van der Waals surface area contributed by atoms with Crippen molar-refractivity contribution < 1.29 is 18.7 Å². The molecular weight excluding hydrogens is 284 g/mol. The summed E-state index contributed by atoms with van der Waals surface area (Å²) in [7, 11) is 0. The van der Waals surface area contributed by atoms with Crippen molar-refractivity contribution in [3.63, 3.8) is 0 Å². The molecule has 6 heteroatoms. The quantitative estimate of drug-likeness (QED) is 0.573. The Balaban J connectivity index is 2.23. The summed E-state index contributed by atoms with van der Waals surface area (Å²) in [6.45, 7) is 2.62. The van der Waals surface area contributed by atoms with Crippen LogP contribution in [0.2, 0.25) is 0 Å². The fraction of sp³-hybridized carbons (Fsp3) is 0.500. The van der Waals surface area contributed by atoms with Gasteiger partial charge in [0.05, 0.1) is 5.75 Å². The second-order valence-electron chi connectivity index (χ2n) is 4.64.